The first-order valence-corrected chi connectivity index (χ1v) is 6.57. The Kier molecular flexibility index (Phi) is 5.65. The van der Waals surface area contributed by atoms with Gasteiger partial charge in [-0.3, -0.25) is 19.7 Å². The van der Waals surface area contributed by atoms with Crippen molar-refractivity contribution in [3.8, 4) is 0 Å². The standard InChI is InChI=1S/C13H13Cl2NO4/c1-7(17)13(8(2)18)11(6-16(19)20)10-4-3-9(14)5-12(10)15/h3-5,11,13H,6H2,1-2H3/t11-/m0/s1. The first kappa shape index (κ1) is 16.6. The van der Waals surface area contributed by atoms with E-state index in [1.165, 1.54) is 32.0 Å². The van der Waals surface area contributed by atoms with Crippen LogP contribution in [0.5, 0.6) is 0 Å². The van der Waals surface area contributed by atoms with E-state index in [0.717, 1.165) is 0 Å². The van der Waals surface area contributed by atoms with Gasteiger partial charge in [0.05, 0.1) is 11.8 Å². The molecule has 0 N–H and O–H groups in total. The lowest BCUT2D eigenvalue weighted by Crippen LogP contribution is -2.31. The van der Waals surface area contributed by atoms with E-state index in [2.05, 4.69) is 0 Å². The molecule has 0 saturated carbocycles. The Bertz CT molecular complexity index is 545. The highest BCUT2D eigenvalue weighted by Crippen LogP contribution is 2.33. The van der Waals surface area contributed by atoms with Crippen LogP contribution in [0.15, 0.2) is 18.2 Å². The highest BCUT2D eigenvalue weighted by molar-refractivity contribution is 6.35. The molecule has 0 spiro atoms. The molecular weight excluding hydrogens is 305 g/mol. The number of Topliss-reactive ketones (excluding diaryl/α,β-unsaturated/α-hetero) is 2. The number of nitrogens with zero attached hydrogens (tertiary/aromatic N) is 1. The van der Waals surface area contributed by atoms with Crippen LogP contribution in [0.1, 0.15) is 25.3 Å². The Morgan fingerprint density at radius 3 is 2.20 bits per heavy atom. The van der Waals surface area contributed by atoms with Gasteiger partial charge in [-0.25, -0.2) is 0 Å². The molecule has 1 aromatic rings. The van der Waals surface area contributed by atoms with Gasteiger partial charge in [0, 0.05) is 15.0 Å². The highest BCUT2D eigenvalue weighted by atomic mass is 35.5. The maximum atomic E-state index is 11.6. The van der Waals surface area contributed by atoms with Crippen LogP contribution < -0.4 is 0 Å². The van der Waals surface area contributed by atoms with Crippen LogP contribution in [0.25, 0.3) is 0 Å². The number of carbonyl (C=O) groups excluding carboxylic acids is 2. The number of halogens is 2. The number of ketones is 2. The molecule has 0 saturated heterocycles. The predicted molar refractivity (Wildman–Crippen MR) is 75.9 cm³/mol. The summed E-state index contributed by atoms with van der Waals surface area (Å²) in [6, 6.07) is 4.47. The monoisotopic (exact) mass is 317 g/mol. The van der Waals surface area contributed by atoms with E-state index in [9.17, 15) is 19.7 Å². The fraction of sp³-hybridized carbons (Fsp3) is 0.385. The topological polar surface area (TPSA) is 77.3 Å². The number of carbonyl (C=O) groups is 2. The minimum Gasteiger partial charge on any atom is -0.299 e. The van der Waals surface area contributed by atoms with Gasteiger partial charge in [0.1, 0.15) is 11.6 Å². The third-order valence-electron chi connectivity index (χ3n) is 2.99. The van der Waals surface area contributed by atoms with E-state index >= 15 is 0 Å². The summed E-state index contributed by atoms with van der Waals surface area (Å²) in [5, 5.41) is 11.4. The quantitative estimate of drug-likeness (QED) is 0.458. The summed E-state index contributed by atoms with van der Waals surface area (Å²) in [5.74, 6) is -2.82. The fourth-order valence-electron chi connectivity index (χ4n) is 2.20. The number of benzene rings is 1. The largest absolute Gasteiger partial charge is 0.299 e. The molecule has 0 aliphatic heterocycles. The summed E-state index contributed by atoms with van der Waals surface area (Å²) in [7, 11) is 0. The normalized spacial score (nSPS) is 12.2. The van der Waals surface area contributed by atoms with Gasteiger partial charge in [-0.2, -0.15) is 0 Å². The number of rotatable bonds is 6. The first-order valence-electron chi connectivity index (χ1n) is 5.81. The van der Waals surface area contributed by atoms with E-state index in [1.807, 2.05) is 0 Å². The van der Waals surface area contributed by atoms with E-state index in [4.69, 9.17) is 23.2 Å². The Morgan fingerprint density at radius 1 is 1.25 bits per heavy atom. The molecule has 0 bridgehead atoms. The smallest absolute Gasteiger partial charge is 0.211 e. The summed E-state index contributed by atoms with van der Waals surface area (Å²) < 4.78 is 0. The van der Waals surface area contributed by atoms with Crippen molar-refractivity contribution < 1.29 is 14.5 Å². The zero-order valence-electron chi connectivity index (χ0n) is 10.9. The van der Waals surface area contributed by atoms with Crippen molar-refractivity contribution in [2.75, 3.05) is 6.54 Å². The lowest BCUT2D eigenvalue weighted by atomic mass is 9.81. The second-order valence-electron chi connectivity index (χ2n) is 4.49. The molecule has 1 aromatic carbocycles. The molecule has 1 rings (SSSR count). The minimum absolute atomic E-state index is 0.205. The van der Waals surface area contributed by atoms with Gasteiger partial charge < -0.3 is 0 Å². The number of nitro groups is 1. The molecule has 7 heteroatoms. The van der Waals surface area contributed by atoms with Gasteiger partial charge in [0.15, 0.2) is 0 Å². The fourth-order valence-corrected chi connectivity index (χ4v) is 2.75. The molecule has 20 heavy (non-hydrogen) atoms. The van der Waals surface area contributed by atoms with Crippen molar-refractivity contribution in [1.82, 2.24) is 0 Å². The lowest BCUT2D eigenvalue weighted by Gasteiger charge is -2.21. The molecule has 0 aliphatic rings. The van der Waals surface area contributed by atoms with Gasteiger partial charge in [0.2, 0.25) is 6.54 Å². The van der Waals surface area contributed by atoms with E-state index < -0.39 is 34.9 Å². The van der Waals surface area contributed by atoms with Crippen molar-refractivity contribution in [3.63, 3.8) is 0 Å². The van der Waals surface area contributed by atoms with Crippen LogP contribution in [-0.2, 0) is 9.59 Å². The molecule has 5 nitrogen and oxygen atoms in total. The van der Waals surface area contributed by atoms with E-state index in [0.29, 0.717) is 10.6 Å². The van der Waals surface area contributed by atoms with Crippen LogP contribution in [0, 0.1) is 16.0 Å². The van der Waals surface area contributed by atoms with E-state index in [1.54, 1.807) is 0 Å². The van der Waals surface area contributed by atoms with Gasteiger partial charge in [0.25, 0.3) is 0 Å². The molecule has 108 valence electrons. The molecule has 0 aliphatic carbocycles. The molecular formula is C13H13Cl2NO4. The van der Waals surface area contributed by atoms with Gasteiger partial charge in [-0.15, -0.1) is 0 Å². The third-order valence-corrected chi connectivity index (χ3v) is 3.55. The van der Waals surface area contributed by atoms with Crippen LogP contribution >= 0.6 is 23.2 Å². The summed E-state index contributed by atoms with van der Waals surface area (Å²) in [6.07, 6.45) is 0. The predicted octanol–water partition coefficient (Wildman–Crippen LogP) is 3.15. The molecule has 0 radical (unpaired) electrons. The number of hydrogen-bond acceptors (Lipinski definition) is 4. The van der Waals surface area contributed by atoms with Crippen molar-refractivity contribution >= 4 is 34.8 Å². The Hall–Kier alpha value is -1.46. The molecule has 0 heterocycles. The van der Waals surface area contributed by atoms with Crippen molar-refractivity contribution in [3.05, 3.63) is 43.9 Å². The van der Waals surface area contributed by atoms with Crippen LogP contribution in [0.3, 0.4) is 0 Å². The lowest BCUT2D eigenvalue weighted by molar-refractivity contribution is -0.484. The third kappa shape index (κ3) is 4.02. The second-order valence-corrected chi connectivity index (χ2v) is 5.33. The Balaban J connectivity index is 3.33. The average Bonchev–Trinajstić information content (AvgIpc) is 2.26. The molecule has 1 atom stereocenters. The summed E-state index contributed by atoms with van der Waals surface area (Å²) >= 11 is 11.8. The SMILES string of the molecule is CC(=O)C(C(C)=O)[C@@H](C[N+](=O)[O-])c1ccc(Cl)cc1Cl. The van der Waals surface area contributed by atoms with Crippen molar-refractivity contribution in [2.45, 2.75) is 19.8 Å². The summed E-state index contributed by atoms with van der Waals surface area (Å²) in [4.78, 5) is 33.6. The maximum absolute atomic E-state index is 11.6. The highest BCUT2D eigenvalue weighted by Gasteiger charge is 2.35. The van der Waals surface area contributed by atoms with Crippen LogP contribution in [-0.4, -0.2) is 23.0 Å². The number of hydrogen-bond donors (Lipinski definition) is 0. The first-order chi connectivity index (χ1) is 9.23. The van der Waals surface area contributed by atoms with Crippen molar-refractivity contribution in [2.24, 2.45) is 5.92 Å². The molecule has 0 amide bonds. The Morgan fingerprint density at radius 2 is 1.80 bits per heavy atom. The average molecular weight is 318 g/mol. The molecule has 0 unspecified atom stereocenters. The zero-order valence-corrected chi connectivity index (χ0v) is 12.4. The summed E-state index contributed by atoms with van der Waals surface area (Å²) in [5.41, 5.74) is 0.378. The van der Waals surface area contributed by atoms with Gasteiger partial charge in [-0.1, -0.05) is 29.3 Å². The van der Waals surface area contributed by atoms with Gasteiger partial charge in [-0.05, 0) is 31.5 Å². The molecule has 0 aromatic heterocycles. The van der Waals surface area contributed by atoms with Gasteiger partial charge >= 0.3 is 0 Å². The second kappa shape index (κ2) is 6.81. The Labute approximate surface area is 126 Å². The van der Waals surface area contributed by atoms with E-state index in [-0.39, 0.29) is 5.02 Å². The van der Waals surface area contributed by atoms with Crippen LogP contribution in [0.2, 0.25) is 10.0 Å². The summed E-state index contributed by atoms with van der Waals surface area (Å²) in [6.45, 7) is 1.93. The zero-order chi connectivity index (χ0) is 15.4. The van der Waals surface area contributed by atoms with Crippen LogP contribution in [0.4, 0.5) is 0 Å². The van der Waals surface area contributed by atoms with Crippen molar-refractivity contribution in [1.29, 1.82) is 0 Å². The minimum atomic E-state index is -1.08. The maximum Gasteiger partial charge on any atom is 0.211 e. The molecule has 0 fully saturated rings.